The highest BCUT2D eigenvalue weighted by Crippen LogP contribution is 2.42. The van der Waals surface area contributed by atoms with Gasteiger partial charge in [-0.3, -0.25) is 9.59 Å². The summed E-state index contributed by atoms with van der Waals surface area (Å²) in [6.45, 7) is 0.320. The minimum atomic E-state index is -0.902. The Morgan fingerprint density at radius 3 is 2.49 bits per heavy atom. The molecule has 2 N–H and O–H groups in total. The van der Waals surface area contributed by atoms with Gasteiger partial charge in [-0.15, -0.1) is 0 Å². The molecular weight excluding hydrogens is 466 g/mol. The molecule has 1 aliphatic carbocycles. The van der Waals surface area contributed by atoms with Crippen molar-refractivity contribution >= 4 is 23.5 Å². The van der Waals surface area contributed by atoms with Gasteiger partial charge in [-0.1, -0.05) is 41.9 Å². The third-order valence-corrected chi connectivity index (χ3v) is 6.85. The van der Waals surface area contributed by atoms with Gasteiger partial charge < -0.3 is 19.9 Å². The maximum Gasteiger partial charge on any atom is 0.311 e. The highest BCUT2D eigenvalue weighted by Gasteiger charge is 2.32. The van der Waals surface area contributed by atoms with Gasteiger partial charge in [0.25, 0.3) is 5.91 Å². The Labute approximate surface area is 208 Å². The second-order valence-electron chi connectivity index (χ2n) is 9.08. The number of benzene rings is 3. The van der Waals surface area contributed by atoms with Crippen LogP contribution in [0.25, 0.3) is 0 Å². The van der Waals surface area contributed by atoms with Crippen molar-refractivity contribution in [2.45, 2.75) is 37.6 Å². The van der Waals surface area contributed by atoms with Gasteiger partial charge in [-0.2, -0.15) is 0 Å². The van der Waals surface area contributed by atoms with Crippen molar-refractivity contribution in [1.29, 1.82) is 0 Å². The first kappa shape index (κ1) is 23.2. The molecule has 0 aromatic heterocycles. The zero-order valence-electron chi connectivity index (χ0n) is 19.1. The predicted molar refractivity (Wildman–Crippen MR) is 133 cm³/mol. The van der Waals surface area contributed by atoms with Crippen LogP contribution >= 0.6 is 11.6 Å². The third-order valence-electron chi connectivity index (χ3n) is 6.55. The first-order valence-electron chi connectivity index (χ1n) is 11.8. The van der Waals surface area contributed by atoms with Crippen LogP contribution in [-0.2, 0) is 11.2 Å². The number of rotatable bonds is 8. The molecule has 1 amide bonds. The minimum absolute atomic E-state index is 0.107. The fourth-order valence-electron chi connectivity index (χ4n) is 4.48. The summed E-state index contributed by atoms with van der Waals surface area (Å²) >= 11 is 6.38. The molecule has 0 spiro atoms. The van der Waals surface area contributed by atoms with Gasteiger partial charge in [-0.25, -0.2) is 0 Å². The fourth-order valence-corrected chi connectivity index (χ4v) is 4.69. The lowest BCUT2D eigenvalue weighted by Gasteiger charge is -2.24. The van der Waals surface area contributed by atoms with Crippen LogP contribution in [0.1, 0.15) is 46.7 Å². The molecule has 0 bridgehead atoms. The number of hydrogen-bond acceptors (Lipinski definition) is 4. The highest BCUT2D eigenvalue weighted by molar-refractivity contribution is 6.32. The quantitative estimate of drug-likeness (QED) is 0.414. The van der Waals surface area contributed by atoms with Crippen molar-refractivity contribution in [3.05, 3.63) is 88.4 Å². The summed E-state index contributed by atoms with van der Waals surface area (Å²) in [5.41, 5.74) is 2.32. The summed E-state index contributed by atoms with van der Waals surface area (Å²) in [6, 6.07) is 20.4. The minimum Gasteiger partial charge on any atom is -0.493 e. The summed E-state index contributed by atoms with van der Waals surface area (Å²) < 4.78 is 11.6. The topological polar surface area (TPSA) is 84.9 Å². The standard InChI is InChI=1S/C28H26ClNO5/c29-23-15-22-21(28(32)33)12-13-34-25(22)16-26(23)35-20-10-8-19(9-11-20)27(31)30-24(18-6-7-18)14-17-4-2-1-3-5-17/h1-5,8-11,15-16,18,21,24H,6-7,12-14H2,(H,30,31)(H,32,33). The molecule has 3 aromatic rings. The van der Waals surface area contributed by atoms with Crippen molar-refractivity contribution in [2.24, 2.45) is 5.92 Å². The van der Waals surface area contributed by atoms with Crippen molar-refractivity contribution in [2.75, 3.05) is 6.61 Å². The molecule has 6 nitrogen and oxygen atoms in total. The van der Waals surface area contributed by atoms with E-state index in [2.05, 4.69) is 17.4 Å². The lowest BCUT2D eigenvalue weighted by molar-refractivity contribution is -0.139. The van der Waals surface area contributed by atoms with Crippen molar-refractivity contribution in [3.63, 3.8) is 0 Å². The van der Waals surface area contributed by atoms with Gasteiger partial charge in [0, 0.05) is 23.2 Å². The van der Waals surface area contributed by atoms with Crippen molar-refractivity contribution in [3.8, 4) is 17.2 Å². The SMILES string of the molecule is O=C(NC(Cc1ccccc1)C1CC1)c1ccc(Oc2cc3c(cc2Cl)C(C(=O)O)CCO3)cc1. The van der Waals surface area contributed by atoms with Crippen LogP contribution in [-0.4, -0.2) is 29.6 Å². The van der Waals surface area contributed by atoms with Crippen LogP contribution in [0.4, 0.5) is 0 Å². The molecule has 7 heteroatoms. The summed E-state index contributed by atoms with van der Waals surface area (Å²) in [5.74, 6) is 0.205. The number of amides is 1. The van der Waals surface area contributed by atoms with Crippen molar-refractivity contribution in [1.82, 2.24) is 5.32 Å². The molecule has 1 fully saturated rings. The van der Waals surface area contributed by atoms with Crippen LogP contribution in [0.15, 0.2) is 66.7 Å². The lowest BCUT2D eigenvalue weighted by atomic mass is 9.93. The zero-order chi connectivity index (χ0) is 24.4. The van der Waals surface area contributed by atoms with Gasteiger partial charge in [0.15, 0.2) is 0 Å². The second-order valence-corrected chi connectivity index (χ2v) is 9.49. The van der Waals surface area contributed by atoms with Crippen LogP contribution in [0.3, 0.4) is 0 Å². The van der Waals surface area contributed by atoms with E-state index in [1.165, 1.54) is 5.56 Å². The Bertz CT molecular complexity index is 1220. The summed E-state index contributed by atoms with van der Waals surface area (Å²) in [7, 11) is 0. The highest BCUT2D eigenvalue weighted by atomic mass is 35.5. The number of carbonyl (C=O) groups excluding carboxylic acids is 1. The number of carboxylic acid groups (broad SMARTS) is 1. The molecule has 0 saturated heterocycles. The predicted octanol–water partition coefficient (Wildman–Crippen LogP) is 5.83. The van der Waals surface area contributed by atoms with Crippen LogP contribution in [0.5, 0.6) is 17.2 Å². The summed E-state index contributed by atoms with van der Waals surface area (Å²) in [4.78, 5) is 24.4. The van der Waals surface area contributed by atoms with E-state index in [-0.39, 0.29) is 11.9 Å². The van der Waals surface area contributed by atoms with Gasteiger partial charge in [-0.05, 0) is 67.5 Å². The Morgan fingerprint density at radius 2 is 1.80 bits per heavy atom. The number of carboxylic acids is 1. The summed E-state index contributed by atoms with van der Waals surface area (Å²) in [6.07, 6.45) is 3.50. The lowest BCUT2D eigenvalue weighted by Crippen LogP contribution is -2.38. The largest absolute Gasteiger partial charge is 0.493 e. The monoisotopic (exact) mass is 491 g/mol. The fraction of sp³-hybridized carbons (Fsp3) is 0.286. The molecular formula is C28H26ClNO5. The molecule has 1 aliphatic heterocycles. The van der Waals surface area contributed by atoms with E-state index in [0.717, 1.165) is 19.3 Å². The molecule has 1 saturated carbocycles. The number of carbonyl (C=O) groups is 2. The van der Waals surface area contributed by atoms with Gasteiger partial charge >= 0.3 is 5.97 Å². The average molecular weight is 492 g/mol. The maximum atomic E-state index is 12.9. The number of hydrogen-bond donors (Lipinski definition) is 2. The van der Waals surface area contributed by atoms with E-state index >= 15 is 0 Å². The van der Waals surface area contributed by atoms with Gasteiger partial charge in [0.2, 0.25) is 0 Å². The molecule has 2 aliphatic rings. The molecule has 3 aromatic carbocycles. The molecule has 2 atom stereocenters. The Hall–Kier alpha value is -3.51. The molecule has 5 rings (SSSR count). The van der Waals surface area contributed by atoms with E-state index in [9.17, 15) is 14.7 Å². The molecule has 2 unspecified atom stereocenters. The molecule has 1 heterocycles. The number of aliphatic carboxylic acids is 1. The van der Waals surface area contributed by atoms with E-state index in [0.29, 0.717) is 52.3 Å². The molecule has 180 valence electrons. The Balaban J connectivity index is 1.26. The van der Waals surface area contributed by atoms with E-state index in [4.69, 9.17) is 21.1 Å². The first-order valence-corrected chi connectivity index (χ1v) is 12.2. The van der Waals surface area contributed by atoms with Crippen LogP contribution < -0.4 is 14.8 Å². The van der Waals surface area contributed by atoms with Gasteiger partial charge in [0.1, 0.15) is 17.2 Å². The average Bonchev–Trinajstić information content (AvgIpc) is 3.70. The number of ether oxygens (including phenoxy) is 2. The molecule has 35 heavy (non-hydrogen) atoms. The van der Waals surface area contributed by atoms with E-state index in [1.807, 2.05) is 18.2 Å². The van der Waals surface area contributed by atoms with Crippen LogP contribution in [0.2, 0.25) is 5.02 Å². The van der Waals surface area contributed by atoms with E-state index < -0.39 is 11.9 Å². The first-order chi connectivity index (χ1) is 17.0. The maximum absolute atomic E-state index is 12.9. The Kier molecular flexibility index (Phi) is 6.64. The third kappa shape index (κ3) is 5.43. The van der Waals surface area contributed by atoms with Crippen LogP contribution in [0, 0.1) is 5.92 Å². The summed E-state index contributed by atoms with van der Waals surface area (Å²) in [5, 5.41) is 13.0. The van der Waals surface area contributed by atoms with E-state index in [1.54, 1.807) is 36.4 Å². The van der Waals surface area contributed by atoms with Crippen molar-refractivity contribution < 1.29 is 24.2 Å². The smallest absolute Gasteiger partial charge is 0.311 e. The zero-order valence-corrected chi connectivity index (χ0v) is 19.8. The number of fused-ring (bicyclic) bond motifs is 1. The number of nitrogens with one attached hydrogen (secondary N) is 1. The molecule has 0 radical (unpaired) electrons. The second kappa shape index (κ2) is 10.0. The normalized spacial score (nSPS) is 17.6. The van der Waals surface area contributed by atoms with Gasteiger partial charge in [0.05, 0.1) is 17.5 Å². The Morgan fingerprint density at radius 1 is 1.06 bits per heavy atom. The number of halogens is 1.